The van der Waals surface area contributed by atoms with E-state index in [0.29, 0.717) is 12.2 Å². The molecule has 1 rings (SSSR count). The first-order valence-electron chi connectivity index (χ1n) is 4.91. The molecule has 16 heavy (non-hydrogen) atoms. The number of nitrogens with two attached hydrogens (primary N) is 1. The number of rotatable bonds is 3. The van der Waals surface area contributed by atoms with Crippen LogP contribution in [0.5, 0.6) is 0 Å². The van der Waals surface area contributed by atoms with Crippen LogP contribution < -0.4 is 10.6 Å². The topological polar surface area (TPSA) is 29.3 Å². The summed E-state index contributed by atoms with van der Waals surface area (Å²) >= 11 is 0. The summed E-state index contributed by atoms with van der Waals surface area (Å²) in [6.45, 7) is 1.29. The summed E-state index contributed by atoms with van der Waals surface area (Å²) in [4.78, 5) is 1.17. The van der Waals surface area contributed by atoms with Gasteiger partial charge in [-0.15, -0.1) is 0 Å². The highest BCUT2D eigenvalue weighted by molar-refractivity contribution is 5.50. The zero-order valence-electron chi connectivity index (χ0n) is 9.30. The van der Waals surface area contributed by atoms with Gasteiger partial charge in [-0.3, -0.25) is 0 Å². The van der Waals surface area contributed by atoms with Crippen LogP contribution >= 0.6 is 0 Å². The molecular weight excluding hydrogens is 217 g/mol. The van der Waals surface area contributed by atoms with E-state index in [2.05, 4.69) is 0 Å². The van der Waals surface area contributed by atoms with Crippen molar-refractivity contribution in [1.29, 1.82) is 0 Å². The van der Waals surface area contributed by atoms with E-state index in [0.717, 1.165) is 11.1 Å². The highest BCUT2D eigenvalue weighted by Gasteiger charge is 2.29. The lowest BCUT2D eigenvalue weighted by Crippen LogP contribution is -2.30. The van der Waals surface area contributed by atoms with E-state index in [9.17, 15) is 13.2 Å². The number of benzene rings is 1. The van der Waals surface area contributed by atoms with Crippen LogP contribution in [0.4, 0.5) is 18.9 Å². The Balaban J connectivity index is 2.85. The molecule has 0 aliphatic heterocycles. The molecule has 0 heterocycles. The van der Waals surface area contributed by atoms with Gasteiger partial charge in [-0.1, -0.05) is 6.07 Å². The first kappa shape index (κ1) is 12.8. The third-order valence-corrected chi connectivity index (χ3v) is 2.40. The standard InChI is InChI=1S/C11H15F3N2/c1-8-5-10(4-3-9(8)6-15)16(2)7-11(12,13)14/h3-5H,6-7,15H2,1-2H3. The highest BCUT2D eigenvalue weighted by atomic mass is 19.4. The van der Waals surface area contributed by atoms with E-state index in [4.69, 9.17) is 5.73 Å². The van der Waals surface area contributed by atoms with Crippen LogP contribution in [0, 0.1) is 6.92 Å². The van der Waals surface area contributed by atoms with E-state index in [1.165, 1.54) is 11.9 Å². The maximum atomic E-state index is 12.2. The number of halogens is 3. The molecule has 0 aromatic heterocycles. The number of alkyl halides is 3. The maximum absolute atomic E-state index is 12.2. The minimum Gasteiger partial charge on any atom is -0.366 e. The first-order valence-corrected chi connectivity index (χ1v) is 4.91. The average molecular weight is 232 g/mol. The number of hydrogen-bond acceptors (Lipinski definition) is 2. The Morgan fingerprint density at radius 3 is 2.38 bits per heavy atom. The highest BCUT2D eigenvalue weighted by Crippen LogP contribution is 2.22. The van der Waals surface area contributed by atoms with E-state index in [1.54, 1.807) is 18.2 Å². The van der Waals surface area contributed by atoms with Crippen molar-refractivity contribution >= 4 is 5.69 Å². The molecule has 90 valence electrons. The predicted molar refractivity (Wildman–Crippen MR) is 58.4 cm³/mol. The zero-order chi connectivity index (χ0) is 12.3. The van der Waals surface area contributed by atoms with E-state index >= 15 is 0 Å². The lowest BCUT2D eigenvalue weighted by molar-refractivity contribution is -0.119. The second-order valence-corrected chi connectivity index (χ2v) is 3.79. The van der Waals surface area contributed by atoms with Crippen LogP contribution in [0.2, 0.25) is 0 Å². The second kappa shape index (κ2) is 4.74. The molecule has 0 unspecified atom stereocenters. The molecular formula is C11H15F3N2. The molecule has 0 saturated carbocycles. The molecule has 0 aliphatic carbocycles. The maximum Gasteiger partial charge on any atom is 0.405 e. The molecule has 0 amide bonds. The smallest absolute Gasteiger partial charge is 0.366 e. The molecule has 0 atom stereocenters. The summed E-state index contributed by atoms with van der Waals surface area (Å²) < 4.78 is 36.5. The first-order chi connectivity index (χ1) is 7.33. The minimum absolute atomic E-state index is 0.398. The second-order valence-electron chi connectivity index (χ2n) is 3.79. The normalized spacial score (nSPS) is 11.6. The molecule has 0 aliphatic rings. The number of hydrogen-bond donors (Lipinski definition) is 1. The van der Waals surface area contributed by atoms with Gasteiger partial charge < -0.3 is 10.6 Å². The van der Waals surface area contributed by atoms with Crippen molar-refractivity contribution < 1.29 is 13.2 Å². The van der Waals surface area contributed by atoms with Crippen molar-refractivity contribution in [3.63, 3.8) is 0 Å². The summed E-state index contributed by atoms with van der Waals surface area (Å²) in [5, 5.41) is 0. The van der Waals surface area contributed by atoms with E-state index in [1.807, 2.05) is 6.92 Å². The summed E-state index contributed by atoms with van der Waals surface area (Å²) in [7, 11) is 1.42. The van der Waals surface area contributed by atoms with Crippen LogP contribution in [-0.4, -0.2) is 19.8 Å². The van der Waals surface area contributed by atoms with Gasteiger partial charge in [-0.25, -0.2) is 0 Å². The molecule has 0 spiro atoms. The Bertz CT molecular complexity index is 361. The van der Waals surface area contributed by atoms with Gasteiger partial charge in [0, 0.05) is 19.3 Å². The Morgan fingerprint density at radius 2 is 1.94 bits per heavy atom. The SMILES string of the molecule is Cc1cc(N(C)CC(F)(F)F)ccc1CN. The monoisotopic (exact) mass is 232 g/mol. The number of aryl methyl sites for hydroxylation is 1. The van der Waals surface area contributed by atoms with Gasteiger partial charge in [0.2, 0.25) is 0 Å². The van der Waals surface area contributed by atoms with Crippen LogP contribution in [0.1, 0.15) is 11.1 Å². The van der Waals surface area contributed by atoms with Crippen molar-refractivity contribution in [1.82, 2.24) is 0 Å². The van der Waals surface area contributed by atoms with Crippen LogP contribution in [0.15, 0.2) is 18.2 Å². The average Bonchev–Trinajstić information content (AvgIpc) is 2.15. The lowest BCUT2D eigenvalue weighted by Gasteiger charge is -2.21. The molecule has 1 aromatic rings. The summed E-state index contributed by atoms with van der Waals surface area (Å²) in [5.74, 6) is 0. The number of nitrogens with zero attached hydrogens (tertiary/aromatic N) is 1. The molecule has 2 nitrogen and oxygen atoms in total. The van der Waals surface area contributed by atoms with Crippen LogP contribution in [-0.2, 0) is 6.54 Å². The van der Waals surface area contributed by atoms with Gasteiger partial charge in [0.05, 0.1) is 0 Å². The molecule has 0 saturated heterocycles. The molecule has 0 bridgehead atoms. The fraction of sp³-hybridized carbons (Fsp3) is 0.455. The van der Waals surface area contributed by atoms with Gasteiger partial charge >= 0.3 is 6.18 Å². The Labute approximate surface area is 92.9 Å². The predicted octanol–water partition coefficient (Wildman–Crippen LogP) is 2.45. The lowest BCUT2D eigenvalue weighted by atomic mass is 10.1. The molecule has 1 aromatic carbocycles. The van der Waals surface area contributed by atoms with Gasteiger partial charge in [0.25, 0.3) is 0 Å². The summed E-state index contributed by atoms with van der Waals surface area (Å²) in [6, 6.07) is 5.13. The Kier molecular flexibility index (Phi) is 3.80. The van der Waals surface area contributed by atoms with Gasteiger partial charge in [0.1, 0.15) is 6.54 Å². The fourth-order valence-electron chi connectivity index (χ4n) is 1.51. The Morgan fingerprint density at radius 1 is 1.31 bits per heavy atom. The van der Waals surface area contributed by atoms with Crippen molar-refractivity contribution in [2.45, 2.75) is 19.6 Å². The summed E-state index contributed by atoms with van der Waals surface area (Å²) in [5.41, 5.74) is 7.89. The molecule has 0 fully saturated rings. The van der Waals surface area contributed by atoms with Gasteiger partial charge in [-0.05, 0) is 30.2 Å². The van der Waals surface area contributed by atoms with Crippen molar-refractivity contribution in [3.8, 4) is 0 Å². The van der Waals surface area contributed by atoms with Crippen molar-refractivity contribution in [3.05, 3.63) is 29.3 Å². The Hall–Kier alpha value is -1.23. The molecule has 2 N–H and O–H groups in total. The largest absolute Gasteiger partial charge is 0.405 e. The third kappa shape index (κ3) is 3.41. The van der Waals surface area contributed by atoms with Gasteiger partial charge in [-0.2, -0.15) is 13.2 Å². The fourth-order valence-corrected chi connectivity index (χ4v) is 1.51. The van der Waals surface area contributed by atoms with Crippen molar-refractivity contribution in [2.75, 3.05) is 18.5 Å². The number of anilines is 1. The molecule has 5 heteroatoms. The quantitative estimate of drug-likeness (QED) is 0.867. The third-order valence-electron chi connectivity index (χ3n) is 2.40. The zero-order valence-corrected chi connectivity index (χ0v) is 9.30. The van der Waals surface area contributed by atoms with Crippen molar-refractivity contribution in [2.24, 2.45) is 5.73 Å². The molecule has 0 radical (unpaired) electrons. The van der Waals surface area contributed by atoms with E-state index < -0.39 is 12.7 Å². The van der Waals surface area contributed by atoms with Crippen LogP contribution in [0.25, 0.3) is 0 Å². The van der Waals surface area contributed by atoms with Gasteiger partial charge in [0.15, 0.2) is 0 Å². The summed E-state index contributed by atoms with van der Waals surface area (Å²) in [6.07, 6.45) is -4.19. The minimum atomic E-state index is -4.19. The van der Waals surface area contributed by atoms with E-state index in [-0.39, 0.29) is 0 Å². The van der Waals surface area contributed by atoms with Crippen LogP contribution in [0.3, 0.4) is 0 Å².